The Labute approximate surface area is 334 Å². The smallest absolute Gasteiger partial charge is 0.407 e. The van der Waals surface area contributed by atoms with Crippen molar-refractivity contribution in [3.8, 4) is 11.1 Å². The predicted octanol–water partition coefficient (Wildman–Crippen LogP) is 7.60. The van der Waals surface area contributed by atoms with E-state index in [4.69, 9.17) is 9.47 Å². The van der Waals surface area contributed by atoms with Crippen LogP contribution in [0.1, 0.15) is 105 Å². The van der Waals surface area contributed by atoms with E-state index in [1.165, 1.54) is 0 Å². The van der Waals surface area contributed by atoms with Crippen molar-refractivity contribution in [1.82, 2.24) is 20.9 Å². The number of amides is 4. The van der Waals surface area contributed by atoms with Crippen molar-refractivity contribution >= 4 is 46.4 Å². The quantitative estimate of drug-likeness (QED) is 0.0872. The molecule has 4 amide bonds. The molecule has 6 rings (SSSR count). The first-order chi connectivity index (χ1) is 27.2. The molecular weight excluding hydrogens is 723 g/mol. The highest BCUT2D eigenvalue weighted by atomic mass is 16.6. The summed E-state index contributed by atoms with van der Waals surface area (Å²) < 4.78 is 10.5. The standard InChI is InChI=1S/C45H55N5O7/c1-6-56-43(54)39-24-32-18-20-35(25-37(32)49-39)48-42(53)38(50-40(51)31-16-12-29(13-17-31)26-46-44(55)57-45(3,4)5)23-28-10-14-30(15-11-28)36-21-19-33(22-27(36)2)41(52)47-34-8-7-9-34/h10-11,14-15,18-22,24-25,29,31,34,38,49H,6-9,12-13,16-17,23,26H2,1-5H3,(H,46,55)(H,47,52)(H,48,53)(H,50,51)/t29?,31?,38-/m0/s1. The molecule has 0 unspecified atom stereocenters. The minimum absolute atomic E-state index is 0.0476. The van der Waals surface area contributed by atoms with Crippen LogP contribution in [0.5, 0.6) is 0 Å². The van der Waals surface area contributed by atoms with Gasteiger partial charge >= 0.3 is 12.1 Å². The van der Waals surface area contributed by atoms with Crippen LogP contribution in [-0.2, 0) is 25.5 Å². The van der Waals surface area contributed by atoms with Crippen LogP contribution in [0.25, 0.3) is 22.0 Å². The molecule has 0 radical (unpaired) electrons. The summed E-state index contributed by atoms with van der Waals surface area (Å²) in [4.78, 5) is 68.0. The van der Waals surface area contributed by atoms with Gasteiger partial charge in [0.05, 0.1) is 6.61 Å². The second kappa shape index (κ2) is 18.1. The maximum atomic E-state index is 14.0. The third-order valence-electron chi connectivity index (χ3n) is 10.8. The van der Waals surface area contributed by atoms with Crippen molar-refractivity contribution in [2.24, 2.45) is 11.8 Å². The summed E-state index contributed by atoms with van der Waals surface area (Å²) in [6, 6.07) is 20.1. The number of aromatic amines is 1. The molecule has 1 heterocycles. The number of alkyl carbamates (subject to hydrolysis) is 1. The summed E-state index contributed by atoms with van der Waals surface area (Å²) in [6.07, 6.45) is 5.83. The van der Waals surface area contributed by atoms with E-state index in [9.17, 15) is 24.0 Å². The molecule has 4 aromatic rings. The molecule has 0 aliphatic heterocycles. The van der Waals surface area contributed by atoms with Gasteiger partial charge in [0.1, 0.15) is 17.3 Å². The van der Waals surface area contributed by atoms with Crippen LogP contribution in [0.4, 0.5) is 10.5 Å². The zero-order valence-corrected chi connectivity index (χ0v) is 33.6. The topological polar surface area (TPSA) is 168 Å². The second-order valence-corrected chi connectivity index (χ2v) is 16.4. The van der Waals surface area contributed by atoms with Crippen molar-refractivity contribution in [2.45, 2.75) is 104 Å². The van der Waals surface area contributed by atoms with Crippen LogP contribution in [0.2, 0.25) is 0 Å². The normalized spacial score (nSPS) is 17.5. The van der Waals surface area contributed by atoms with Gasteiger partial charge in [-0.1, -0.05) is 36.4 Å². The predicted molar refractivity (Wildman–Crippen MR) is 220 cm³/mol. The third-order valence-corrected chi connectivity index (χ3v) is 10.8. The average Bonchev–Trinajstić information content (AvgIpc) is 3.59. The number of H-pyrrole nitrogens is 1. The van der Waals surface area contributed by atoms with Gasteiger partial charge in [0, 0.05) is 47.1 Å². The summed E-state index contributed by atoms with van der Waals surface area (Å²) in [7, 11) is 0. The van der Waals surface area contributed by atoms with Crippen LogP contribution in [-0.4, -0.2) is 65.6 Å². The molecule has 0 bridgehead atoms. The largest absolute Gasteiger partial charge is 0.461 e. The van der Waals surface area contributed by atoms with Crippen LogP contribution >= 0.6 is 0 Å². The Morgan fingerprint density at radius 2 is 1.61 bits per heavy atom. The lowest BCUT2D eigenvalue weighted by Gasteiger charge is -2.29. The minimum atomic E-state index is -0.875. The van der Waals surface area contributed by atoms with Gasteiger partial charge in [0.25, 0.3) is 5.91 Å². The number of hydrogen-bond acceptors (Lipinski definition) is 7. The van der Waals surface area contributed by atoms with E-state index < -0.39 is 23.7 Å². The lowest BCUT2D eigenvalue weighted by molar-refractivity contribution is -0.130. The van der Waals surface area contributed by atoms with Gasteiger partial charge in [-0.3, -0.25) is 14.4 Å². The number of hydrogen-bond donors (Lipinski definition) is 5. The summed E-state index contributed by atoms with van der Waals surface area (Å²) in [5.74, 6) is -1.09. The minimum Gasteiger partial charge on any atom is -0.461 e. The molecule has 2 aliphatic carbocycles. The summed E-state index contributed by atoms with van der Waals surface area (Å²) >= 11 is 0. The first kappa shape index (κ1) is 41.0. The molecule has 0 saturated heterocycles. The number of aryl methyl sites for hydroxylation is 1. The van der Waals surface area contributed by atoms with Crippen molar-refractivity contribution in [3.63, 3.8) is 0 Å². The maximum Gasteiger partial charge on any atom is 0.407 e. The van der Waals surface area contributed by atoms with Crippen LogP contribution in [0.15, 0.2) is 66.7 Å². The van der Waals surface area contributed by atoms with Gasteiger partial charge in [-0.25, -0.2) is 9.59 Å². The van der Waals surface area contributed by atoms with Crippen molar-refractivity contribution < 1.29 is 33.4 Å². The highest BCUT2D eigenvalue weighted by molar-refractivity contribution is 6.00. The molecular formula is C45H55N5O7. The first-order valence-corrected chi connectivity index (χ1v) is 20.1. The monoisotopic (exact) mass is 777 g/mol. The van der Waals surface area contributed by atoms with E-state index in [-0.39, 0.29) is 48.6 Å². The molecule has 2 saturated carbocycles. The Morgan fingerprint density at radius 3 is 2.26 bits per heavy atom. The highest BCUT2D eigenvalue weighted by Crippen LogP contribution is 2.30. The van der Waals surface area contributed by atoms with Crippen LogP contribution in [0, 0.1) is 18.8 Å². The number of fused-ring (bicyclic) bond motifs is 1. The van der Waals surface area contributed by atoms with E-state index in [0.717, 1.165) is 59.7 Å². The van der Waals surface area contributed by atoms with Gasteiger partial charge in [0.15, 0.2) is 0 Å². The number of aromatic nitrogens is 1. The Hall–Kier alpha value is -5.65. The first-order valence-electron chi connectivity index (χ1n) is 20.1. The molecule has 12 nitrogen and oxygen atoms in total. The molecule has 57 heavy (non-hydrogen) atoms. The van der Waals surface area contributed by atoms with Crippen molar-refractivity contribution in [1.29, 1.82) is 0 Å². The lowest BCUT2D eigenvalue weighted by atomic mass is 9.81. The number of benzene rings is 3. The average molecular weight is 778 g/mol. The van der Waals surface area contributed by atoms with Gasteiger partial charge < -0.3 is 35.7 Å². The molecule has 2 fully saturated rings. The molecule has 0 spiro atoms. The number of esters is 1. The Bertz CT molecular complexity index is 2090. The third kappa shape index (κ3) is 11.0. The lowest BCUT2D eigenvalue weighted by Crippen LogP contribution is -2.48. The fourth-order valence-corrected chi connectivity index (χ4v) is 7.43. The number of carbonyl (C=O) groups excluding carboxylic acids is 5. The number of nitrogens with one attached hydrogen (secondary N) is 5. The molecule has 3 aromatic carbocycles. The van der Waals surface area contributed by atoms with Crippen molar-refractivity contribution in [2.75, 3.05) is 18.5 Å². The number of carbonyl (C=O) groups is 5. The van der Waals surface area contributed by atoms with E-state index in [1.807, 2.05) is 76.2 Å². The van der Waals surface area contributed by atoms with E-state index >= 15 is 0 Å². The molecule has 5 N–H and O–H groups in total. The van der Waals surface area contributed by atoms with E-state index in [2.05, 4.69) is 26.3 Å². The summed E-state index contributed by atoms with van der Waals surface area (Å²) in [5.41, 5.74) is 5.39. The fraction of sp³-hybridized carbons (Fsp3) is 0.444. The second-order valence-electron chi connectivity index (χ2n) is 16.4. The van der Waals surface area contributed by atoms with Gasteiger partial charge in [0.2, 0.25) is 11.8 Å². The van der Waals surface area contributed by atoms with Gasteiger partial charge in [-0.05, 0) is 138 Å². The van der Waals surface area contributed by atoms with Crippen LogP contribution < -0.4 is 21.3 Å². The zero-order valence-electron chi connectivity index (χ0n) is 33.6. The SMILES string of the molecule is CCOC(=O)c1cc2ccc(NC(=O)[C@H](Cc3ccc(-c4ccc(C(=O)NC5CCC5)cc4C)cc3)NC(=O)C3CCC(CNC(=O)OC(C)(C)C)CC3)cc2[nH]1. The zero-order chi connectivity index (χ0) is 40.7. The molecule has 12 heteroatoms. The van der Waals surface area contributed by atoms with Gasteiger partial charge in [-0.15, -0.1) is 0 Å². The van der Waals surface area contributed by atoms with E-state index in [0.29, 0.717) is 41.8 Å². The highest BCUT2D eigenvalue weighted by Gasteiger charge is 2.30. The maximum absolute atomic E-state index is 14.0. The molecule has 302 valence electrons. The Kier molecular flexibility index (Phi) is 13.0. The van der Waals surface area contributed by atoms with Gasteiger partial charge in [-0.2, -0.15) is 0 Å². The van der Waals surface area contributed by atoms with Crippen LogP contribution in [0.3, 0.4) is 0 Å². The fourth-order valence-electron chi connectivity index (χ4n) is 7.43. The molecule has 2 aliphatic rings. The summed E-state index contributed by atoms with van der Waals surface area (Å²) in [5, 5.41) is 12.8. The Morgan fingerprint density at radius 1 is 0.877 bits per heavy atom. The number of ether oxygens (including phenoxy) is 2. The summed E-state index contributed by atoms with van der Waals surface area (Å²) in [6.45, 7) is 9.94. The van der Waals surface area contributed by atoms with Crippen molar-refractivity contribution in [3.05, 3.63) is 89.1 Å². The van der Waals surface area contributed by atoms with E-state index in [1.54, 1.807) is 25.1 Å². The number of anilines is 1. The Balaban J connectivity index is 1.13. The molecule has 1 aromatic heterocycles. The number of rotatable bonds is 13. The molecule has 1 atom stereocenters.